The Morgan fingerprint density at radius 1 is 1.30 bits per heavy atom. The Labute approximate surface area is 163 Å². The third-order valence-corrected chi connectivity index (χ3v) is 5.82. The lowest BCUT2D eigenvalue weighted by atomic mass is 9.94. The van der Waals surface area contributed by atoms with Crippen LogP contribution in [0.3, 0.4) is 0 Å². The average molecular weight is 381 g/mol. The summed E-state index contributed by atoms with van der Waals surface area (Å²) in [6.07, 6.45) is 5.16. The van der Waals surface area contributed by atoms with Crippen molar-refractivity contribution in [3.63, 3.8) is 0 Å². The van der Waals surface area contributed by atoms with Gasteiger partial charge in [-0.2, -0.15) is 0 Å². The summed E-state index contributed by atoms with van der Waals surface area (Å²) in [6, 6.07) is 12.7. The van der Waals surface area contributed by atoms with E-state index in [0.29, 0.717) is 12.3 Å². The van der Waals surface area contributed by atoms with Crippen LogP contribution in [0.5, 0.6) is 0 Å². The number of nitrogens with one attached hydrogen (secondary N) is 2. The summed E-state index contributed by atoms with van der Waals surface area (Å²) in [5.41, 5.74) is 5.84. The molecule has 27 heavy (non-hydrogen) atoms. The Hall–Kier alpha value is -2.31. The maximum absolute atomic E-state index is 12.2. The SMILES string of the molecule is Cc1ccc2nc(CSCC(=O)NCC3NCCc4ccccc43)cn2c1. The summed E-state index contributed by atoms with van der Waals surface area (Å²) in [7, 11) is 0. The highest BCUT2D eigenvalue weighted by Crippen LogP contribution is 2.22. The Morgan fingerprint density at radius 2 is 2.19 bits per heavy atom. The fraction of sp³-hybridized carbons (Fsp3) is 0.333. The molecule has 2 N–H and O–H groups in total. The number of aromatic nitrogens is 2. The molecular weight excluding hydrogens is 356 g/mol. The van der Waals surface area contributed by atoms with Crippen LogP contribution in [-0.4, -0.2) is 34.1 Å². The molecule has 4 rings (SSSR count). The number of benzene rings is 1. The highest BCUT2D eigenvalue weighted by Gasteiger charge is 2.19. The molecule has 2 aromatic heterocycles. The minimum absolute atomic E-state index is 0.0736. The number of hydrogen-bond donors (Lipinski definition) is 2. The second-order valence-corrected chi connectivity index (χ2v) is 7.94. The molecule has 3 aromatic rings. The molecule has 0 saturated heterocycles. The zero-order chi connectivity index (χ0) is 18.6. The van der Waals surface area contributed by atoms with E-state index in [9.17, 15) is 4.79 Å². The third kappa shape index (κ3) is 4.34. The van der Waals surface area contributed by atoms with Crippen LogP contribution in [0.2, 0.25) is 0 Å². The maximum atomic E-state index is 12.2. The van der Waals surface area contributed by atoms with Crippen molar-refractivity contribution in [1.82, 2.24) is 20.0 Å². The van der Waals surface area contributed by atoms with Crippen molar-refractivity contribution in [3.8, 4) is 0 Å². The van der Waals surface area contributed by atoms with Gasteiger partial charge in [0, 0.05) is 30.7 Å². The molecule has 0 fully saturated rings. The molecule has 5 nitrogen and oxygen atoms in total. The van der Waals surface area contributed by atoms with E-state index in [1.165, 1.54) is 16.7 Å². The quantitative estimate of drug-likeness (QED) is 0.690. The molecule has 1 atom stereocenters. The summed E-state index contributed by atoms with van der Waals surface area (Å²) in [4.78, 5) is 16.8. The molecule has 0 spiro atoms. The normalized spacial score (nSPS) is 16.3. The lowest BCUT2D eigenvalue weighted by molar-refractivity contribution is -0.118. The Kier molecular flexibility index (Phi) is 5.45. The summed E-state index contributed by atoms with van der Waals surface area (Å²) in [5, 5.41) is 6.56. The second-order valence-electron chi connectivity index (χ2n) is 6.96. The molecule has 1 aliphatic rings. The van der Waals surface area contributed by atoms with Crippen LogP contribution < -0.4 is 10.6 Å². The molecule has 1 aromatic carbocycles. The summed E-state index contributed by atoms with van der Waals surface area (Å²) >= 11 is 1.60. The van der Waals surface area contributed by atoms with Crippen molar-refractivity contribution in [2.75, 3.05) is 18.8 Å². The number of thioether (sulfide) groups is 1. The van der Waals surface area contributed by atoms with Crippen LogP contribution in [0.4, 0.5) is 0 Å². The molecule has 3 heterocycles. The first-order chi connectivity index (χ1) is 13.2. The van der Waals surface area contributed by atoms with Gasteiger partial charge < -0.3 is 15.0 Å². The number of pyridine rings is 1. The van der Waals surface area contributed by atoms with Crippen molar-refractivity contribution in [2.45, 2.75) is 25.1 Å². The molecule has 0 saturated carbocycles. The van der Waals surface area contributed by atoms with Crippen LogP contribution in [0.15, 0.2) is 48.8 Å². The highest BCUT2D eigenvalue weighted by atomic mass is 32.2. The van der Waals surface area contributed by atoms with Crippen LogP contribution in [0.25, 0.3) is 5.65 Å². The smallest absolute Gasteiger partial charge is 0.230 e. The fourth-order valence-electron chi connectivity index (χ4n) is 3.52. The lowest BCUT2D eigenvalue weighted by Gasteiger charge is -2.27. The van der Waals surface area contributed by atoms with Gasteiger partial charge in [0.15, 0.2) is 0 Å². The zero-order valence-electron chi connectivity index (χ0n) is 15.4. The van der Waals surface area contributed by atoms with Crippen LogP contribution in [0, 0.1) is 6.92 Å². The van der Waals surface area contributed by atoms with Crippen molar-refractivity contribution in [2.24, 2.45) is 0 Å². The number of rotatable bonds is 6. The first kappa shape index (κ1) is 18.1. The van der Waals surface area contributed by atoms with Gasteiger partial charge in [-0.05, 0) is 42.6 Å². The van der Waals surface area contributed by atoms with Gasteiger partial charge in [0.05, 0.1) is 11.4 Å². The van der Waals surface area contributed by atoms with Crippen LogP contribution >= 0.6 is 11.8 Å². The van der Waals surface area contributed by atoms with Gasteiger partial charge in [-0.3, -0.25) is 4.79 Å². The van der Waals surface area contributed by atoms with Crippen molar-refractivity contribution in [3.05, 3.63) is 71.2 Å². The van der Waals surface area contributed by atoms with Gasteiger partial charge >= 0.3 is 0 Å². The fourth-order valence-corrected chi connectivity index (χ4v) is 4.25. The van der Waals surface area contributed by atoms with E-state index in [0.717, 1.165) is 30.1 Å². The van der Waals surface area contributed by atoms with Crippen LogP contribution in [0.1, 0.15) is 28.4 Å². The van der Waals surface area contributed by atoms with Crippen LogP contribution in [-0.2, 0) is 17.0 Å². The molecule has 0 radical (unpaired) electrons. The van der Waals surface area contributed by atoms with Gasteiger partial charge in [-0.15, -0.1) is 11.8 Å². The van der Waals surface area contributed by atoms with E-state index in [2.05, 4.69) is 59.1 Å². The molecule has 0 aliphatic carbocycles. The van der Waals surface area contributed by atoms with Gasteiger partial charge in [0.25, 0.3) is 0 Å². The first-order valence-corrected chi connectivity index (χ1v) is 10.4. The number of hydrogen-bond acceptors (Lipinski definition) is 4. The second kappa shape index (κ2) is 8.15. The Balaban J connectivity index is 1.25. The van der Waals surface area contributed by atoms with Gasteiger partial charge in [0.1, 0.15) is 5.65 Å². The summed E-state index contributed by atoms with van der Waals surface area (Å²) < 4.78 is 2.04. The lowest BCUT2D eigenvalue weighted by Crippen LogP contribution is -2.39. The largest absolute Gasteiger partial charge is 0.353 e. The van der Waals surface area contributed by atoms with E-state index in [-0.39, 0.29) is 11.9 Å². The van der Waals surface area contributed by atoms with Gasteiger partial charge in [-0.1, -0.05) is 30.3 Å². The highest BCUT2D eigenvalue weighted by molar-refractivity contribution is 7.99. The molecule has 1 aliphatic heterocycles. The molecule has 140 valence electrons. The zero-order valence-corrected chi connectivity index (χ0v) is 16.3. The monoisotopic (exact) mass is 380 g/mol. The minimum atomic E-state index is 0.0736. The Bertz CT molecular complexity index is 952. The van der Waals surface area contributed by atoms with Crippen molar-refractivity contribution in [1.29, 1.82) is 0 Å². The molecule has 1 unspecified atom stereocenters. The van der Waals surface area contributed by atoms with Crippen molar-refractivity contribution >= 4 is 23.3 Å². The predicted molar refractivity (Wildman–Crippen MR) is 110 cm³/mol. The first-order valence-electron chi connectivity index (χ1n) is 9.29. The number of imidazole rings is 1. The van der Waals surface area contributed by atoms with E-state index in [1.807, 2.05) is 16.7 Å². The van der Waals surface area contributed by atoms with E-state index in [4.69, 9.17) is 0 Å². The summed E-state index contributed by atoms with van der Waals surface area (Å²) in [6.45, 7) is 3.65. The van der Waals surface area contributed by atoms with E-state index in [1.54, 1.807) is 11.8 Å². The molecule has 1 amide bonds. The number of fused-ring (bicyclic) bond motifs is 2. The predicted octanol–water partition coefficient (Wildman–Crippen LogP) is 2.88. The molecular formula is C21H24N4OS. The maximum Gasteiger partial charge on any atom is 0.230 e. The number of aryl methyl sites for hydroxylation is 1. The number of carbonyl (C=O) groups is 1. The summed E-state index contributed by atoms with van der Waals surface area (Å²) in [5.74, 6) is 1.25. The number of amides is 1. The average Bonchev–Trinajstić information content (AvgIpc) is 3.08. The number of carbonyl (C=O) groups excluding carboxylic acids is 1. The standard InChI is InChI=1S/C21H24N4OS/c1-15-6-7-20-24-17(12-25(20)11-15)13-27-14-21(26)23-10-19-18-5-3-2-4-16(18)8-9-22-19/h2-7,11-12,19,22H,8-10,13-14H2,1H3,(H,23,26). The number of nitrogens with zero attached hydrogens (tertiary/aromatic N) is 2. The third-order valence-electron chi connectivity index (χ3n) is 4.85. The van der Waals surface area contributed by atoms with E-state index < -0.39 is 0 Å². The van der Waals surface area contributed by atoms with Gasteiger partial charge in [-0.25, -0.2) is 4.98 Å². The molecule has 0 bridgehead atoms. The van der Waals surface area contributed by atoms with Gasteiger partial charge in [0.2, 0.25) is 5.91 Å². The minimum Gasteiger partial charge on any atom is -0.353 e. The Morgan fingerprint density at radius 3 is 3.11 bits per heavy atom. The molecule has 6 heteroatoms. The van der Waals surface area contributed by atoms with Crippen molar-refractivity contribution < 1.29 is 4.79 Å². The topological polar surface area (TPSA) is 58.4 Å². The van der Waals surface area contributed by atoms with E-state index >= 15 is 0 Å².